The number of quaternary nitrogens is 1. The highest BCUT2D eigenvalue weighted by Gasteiger charge is 2.04. The molecule has 0 aliphatic rings. The summed E-state index contributed by atoms with van der Waals surface area (Å²) in [4.78, 5) is 8.80. The summed E-state index contributed by atoms with van der Waals surface area (Å²) in [7, 11) is 3.76. The fourth-order valence-electron chi connectivity index (χ4n) is 1.71. The number of aromatic nitrogens is 2. The Hall–Kier alpha value is -2.27. The third-order valence-electron chi connectivity index (χ3n) is 2.63. The lowest BCUT2D eigenvalue weighted by Crippen LogP contribution is -2.72. The van der Waals surface area contributed by atoms with Crippen LogP contribution in [0.15, 0.2) is 30.6 Å². The highest BCUT2D eigenvalue weighted by atomic mass is 15.0. The molecule has 5 heteroatoms. The van der Waals surface area contributed by atoms with Crippen molar-refractivity contribution in [3.8, 4) is 0 Å². The van der Waals surface area contributed by atoms with E-state index in [9.17, 15) is 0 Å². The minimum Gasteiger partial charge on any atom is -0.373 e. The van der Waals surface area contributed by atoms with Gasteiger partial charge < -0.3 is 16.0 Å². The van der Waals surface area contributed by atoms with Crippen molar-refractivity contribution < 1.29 is 5.32 Å². The summed E-state index contributed by atoms with van der Waals surface area (Å²) >= 11 is 0. The Morgan fingerprint density at radius 1 is 1.39 bits per heavy atom. The molecule has 0 spiro atoms. The van der Waals surface area contributed by atoms with Gasteiger partial charge in [0.25, 0.3) is 0 Å². The summed E-state index contributed by atoms with van der Waals surface area (Å²) in [5, 5.41) is 12.3. The number of allylic oxidation sites excluding steroid dienone is 1. The molecule has 4 N–H and O–H groups in total. The quantitative estimate of drug-likeness (QED) is 0.696. The molecule has 0 saturated heterocycles. The standard InChI is InChI=1S/C13H15N5/c1-15-7-10(6-14)9-5-12-11(17-8-9)3-4-13(16-2)18-12/h3-8,14-15H,1-2H3,(H,16,18)/p+1/b10-7+,14-6?. The predicted octanol–water partition coefficient (Wildman–Crippen LogP) is 0.855. The number of fused-ring (bicyclic) bond motifs is 1. The van der Waals surface area contributed by atoms with Crippen LogP contribution in [-0.4, -0.2) is 30.3 Å². The molecule has 18 heavy (non-hydrogen) atoms. The van der Waals surface area contributed by atoms with E-state index in [-0.39, 0.29) is 0 Å². The fourth-order valence-corrected chi connectivity index (χ4v) is 1.71. The number of hydrogen-bond acceptors (Lipinski definition) is 4. The summed E-state index contributed by atoms with van der Waals surface area (Å²) < 4.78 is 0. The van der Waals surface area contributed by atoms with E-state index in [0.29, 0.717) is 0 Å². The molecule has 2 aromatic rings. The van der Waals surface area contributed by atoms with Gasteiger partial charge >= 0.3 is 0 Å². The van der Waals surface area contributed by atoms with Gasteiger partial charge in [0, 0.05) is 25.0 Å². The molecule has 92 valence electrons. The molecule has 5 nitrogen and oxygen atoms in total. The number of hydrogen-bond donors (Lipinski definition) is 3. The highest BCUT2D eigenvalue weighted by Crippen LogP contribution is 2.17. The summed E-state index contributed by atoms with van der Waals surface area (Å²) in [6.45, 7) is 0. The molecule has 0 bridgehead atoms. The second-order valence-corrected chi connectivity index (χ2v) is 3.81. The molecule has 0 unspecified atom stereocenters. The molecule has 0 aliphatic carbocycles. The van der Waals surface area contributed by atoms with Gasteiger partial charge in [-0.25, -0.2) is 4.98 Å². The first-order chi connectivity index (χ1) is 8.78. The third-order valence-corrected chi connectivity index (χ3v) is 2.63. The van der Waals surface area contributed by atoms with Crippen molar-refractivity contribution in [1.29, 1.82) is 5.41 Å². The average molecular weight is 242 g/mol. The second kappa shape index (κ2) is 5.37. The lowest BCUT2D eigenvalue weighted by molar-refractivity contribution is -0.555. The van der Waals surface area contributed by atoms with Crippen LogP contribution in [0.25, 0.3) is 16.6 Å². The molecule has 2 rings (SSSR count). The Morgan fingerprint density at radius 3 is 2.89 bits per heavy atom. The highest BCUT2D eigenvalue weighted by molar-refractivity contribution is 6.08. The van der Waals surface area contributed by atoms with Crippen LogP contribution in [0.3, 0.4) is 0 Å². The number of pyridine rings is 2. The lowest BCUT2D eigenvalue weighted by Gasteiger charge is -2.04. The second-order valence-electron chi connectivity index (χ2n) is 3.81. The van der Waals surface area contributed by atoms with E-state index in [2.05, 4.69) is 15.3 Å². The summed E-state index contributed by atoms with van der Waals surface area (Å²) in [6, 6.07) is 5.77. The van der Waals surface area contributed by atoms with Crippen molar-refractivity contribution >= 4 is 28.6 Å². The Labute approximate surface area is 105 Å². The van der Waals surface area contributed by atoms with Gasteiger partial charge in [-0.05, 0) is 18.2 Å². The van der Waals surface area contributed by atoms with Crippen LogP contribution in [0, 0.1) is 5.41 Å². The van der Waals surface area contributed by atoms with E-state index in [1.165, 1.54) is 6.21 Å². The molecule has 0 atom stereocenters. The zero-order valence-electron chi connectivity index (χ0n) is 10.4. The number of nitrogens with zero attached hydrogens (tertiary/aromatic N) is 2. The van der Waals surface area contributed by atoms with Gasteiger partial charge in [-0.3, -0.25) is 4.98 Å². The van der Waals surface area contributed by atoms with Crippen LogP contribution < -0.4 is 10.6 Å². The van der Waals surface area contributed by atoms with E-state index < -0.39 is 0 Å². The molecule has 0 fully saturated rings. The van der Waals surface area contributed by atoms with Crippen molar-refractivity contribution in [1.82, 2.24) is 9.97 Å². The van der Waals surface area contributed by atoms with Crippen molar-refractivity contribution in [2.45, 2.75) is 0 Å². The maximum absolute atomic E-state index is 7.41. The Morgan fingerprint density at radius 2 is 2.22 bits per heavy atom. The Bertz CT molecular complexity index is 603. The third kappa shape index (κ3) is 2.36. The van der Waals surface area contributed by atoms with Crippen LogP contribution in [0.2, 0.25) is 0 Å². The van der Waals surface area contributed by atoms with E-state index in [1.54, 1.807) is 6.20 Å². The summed E-state index contributed by atoms with van der Waals surface area (Å²) in [6.07, 6.45) is 4.98. The maximum atomic E-state index is 7.41. The SMILES string of the molecule is CNc1ccc2ncc(/C(C=N)=C/[NH2+]C)cc2n1. The van der Waals surface area contributed by atoms with Crippen molar-refractivity contribution in [3.05, 3.63) is 36.2 Å². The minimum absolute atomic E-state index is 0.809. The zero-order chi connectivity index (χ0) is 13.0. The first kappa shape index (κ1) is 12.2. The number of rotatable bonds is 4. The van der Waals surface area contributed by atoms with E-state index >= 15 is 0 Å². The average Bonchev–Trinajstić information content (AvgIpc) is 2.43. The minimum atomic E-state index is 0.809. The van der Waals surface area contributed by atoms with Crippen LogP contribution >= 0.6 is 0 Å². The van der Waals surface area contributed by atoms with E-state index in [4.69, 9.17) is 5.41 Å². The smallest absolute Gasteiger partial charge is 0.126 e. The van der Waals surface area contributed by atoms with Crippen LogP contribution in [-0.2, 0) is 0 Å². The van der Waals surface area contributed by atoms with Gasteiger partial charge in [0.1, 0.15) is 12.0 Å². The van der Waals surface area contributed by atoms with Crippen molar-refractivity contribution in [3.63, 3.8) is 0 Å². The molecule has 0 amide bonds. The molecule has 0 radical (unpaired) electrons. The van der Waals surface area contributed by atoms with Crippen LogP contribution in [0.4, 0.5) is 5.82 Å². The molecule has 0 saturated carbocycles. The molecular weight excluding hydrogens is 226 g/mol. The fraction of sp³-hybridized carbons (Fsp3) is 0.154. The normalized spacial score (nSPS) is 11.6. The van der Waals surface area contributed by atoms with Crippen LogP contribution in [0.1, 0.15) is 5.56 Å². The van der Waals surface area contributed by atoms with Crippen LogP contribution in [0.5, 0.6) is 0 Å². The van der Waals surface area contributed by atoms with Gasteiger partial charge in [-0.2, -0.15) is 0 Å². The predicted molar refractivity (Wildman–Crippen MR) is 73.7 cm³/mol. The maximum Gasteiger partial charge on any atom is 0.126 e. The van der Waals surface area contributed by atoms with Gasteiger partial charge in [0.05, 0.1) is 23.7 Å². The monoisotopic (exact) mass is 242 g/mol. The Kier molecular flexibility index (Phi) is 3.64. The summed E-state index contributed by atoms with van der Waals surface area (Å²) in [5.74, 6) is 0.809. The van der Waals surface area contributed by atoms with Crippen molar-refractivity contribution in [2.75, 3.05) is 19.4 Å². The molecule has 2 heterocycles. The van der Waals surface area contributed by atoms with E-state index in [1.807, 2.05) is 43.8 Å². The number of nitrogens with two attached hydrogens (primary N) is 1. The molecular formula is C13H16N5+. The molecule has 0 aliphatic heterocycles. The zero-order valence-corrected chi connectivity index (χ0v) is 10.4. The van der Waals surface area contributed by atoms with Gasteiger partial charge in [0.15, 0.2) is 0 Å². The lowest BCUT2D eigenvalue weighted by atomic mass is 10.1. The van der Waals surface area contributed by atoms with Gasteiger partial charge in [-0.1, -0.05) is 0 Å². The Balaban J connectivity index is 2.54. The number of anilines is 1. The topological polar surface area (TPSA) is 78.3 Å². The first-order valence-corrected chi connectivity index (χ1v) is 5.73. The largest absolute Gasteiger partial charge is 0.373 e. The van der Waals surface area contributed by atoms with Crippen molar-refractivity contribution in [2.24, 2.45) is 0 Å². The first-order valence-electron chi connectivity index (χ1n) is 5.73. The van der Waals surface area contributed by atoms with E-state index in [0.717, 1.165) is 28.0 Å². The molecule has 2 aromatic heterocycles. The summed E-state index contributed by atoms with van der Waals surface area (Å²) in [5.41, 5.74) is 3.39. The number of nitrogens with one attached hydrogen (secondary N) is 2. The molecule has 0 aromatic carbocycles. The van der Waals surface area contributed by atoms with Gasteiger partial charge in [0.2, 0.25) is 0 Å². The van der Waals surface area contributed by atoms with Gasteiger partial charge in [-0.15, -0.1) is 0 Å².